The van der Waals surface area contributed by atoms with Crippen LogP contribution in [0.1, 0.15) is 12.5 Å². The summed E-state index contributed by atoms with van der Waals surface area (Å²) in [6.07, 6.45) is 4.22. The number of pyridine rings is 1. The number of carboxylic acids is 1. The molecule has 0 aliphatic carbocycles. The van der Waals surface area contributed by atoms with Gasteiger partial charge >= 0.3 is 5.97 Å². The summed E-state index contributed by atoms with van der Waals surface area (Å²) in [6.45, 7) is 1.71. The summed E-state index contributed by atoms with van der Waals surface area (Å²) < 4.78 is 1.98. The lowest BCUT2D eigenvalue weighted by Crippen LogP contribution is -2.12. The monoisotopic (exact) mass is 218 g/mol. The van der Waals surface area contributed by atoms with E-state index in [1.807, 2.05) is 29.9 Å². The van der Waals surface area contributed by atoms with E-state index in [-0.39, 0.29) is 5.92 Å². The number of carboxylic acid groups (broad SMARTS) is 1. The van der Waals surface area contributed by atoms with Crippen molar-refractivity contribution in [2.45, 2.75) is 13.3 Å². The van der Waals surface area contributed by atoms with Gasteiger partial charge in [-0.15, -0.1) is 0 Å². The molecular formula is C12H14N2O2. The van der Waals surface area contributed by atoms with Crippen LogP contribution in [0, 0.1) is 5.92 Å². The van der Waals surface area contributed by atoms with Crippen LogP contribution in [0.3, 0.4) is 0 Å². The minimum Gasteiger partial charge on any atom is -0.481 e. The van der Waals surface area contributed by atoms with E-state index in [4.69, 9.17) is 5.11 Å². The first-order valence-corrected chi connectivity index (χ1v) is 5.20. The molecule has 0 aliphatic rings. The summed E-state index contributed by atoms with van der Waals surface area (Å²) in [7, 11) is 1.95. The van der Waals surface area contributed by atoms with Crippen LogP contribution in [0.5, 0.6) is 0 Å². The van der Waals surface area contributed by atoms with Crippen LogP contribution in [0.15, 0.2) is 24.5 Å². The fraction of sp³-hybridized carbons (Fsp3) is 0.333. The number of fused-ring (bicyclic) bond motifs is 1. The van der Waals surface area contributed by atoms with Crippen molar-refractivity contribution in [1.29, 1.82) is 0 Å². The third-order valence-corrected chi connectivity index (χ3v) is 2.75. The average Bonchev–Trinajstić information content (AvgIpc) is 2.60. The molecule has 0 saturated carbocycles. The van der Waals surface area contributed by atoms with Gasteiger partial charge in [-0.05, 0) is 24.1 Å². The van der Waals surface area contributed by atoms with Gasteiger partial charge in [0.25, 0.3) is 0 Å². The van der Waals surface area contributed by atoms with Gasteiger partial charge in [0, 0.05) is 19.4 Å². The molecule has 0 aromatic carbocycles. The fourth-order valence-electron chi connectivity index (χ4n) is 1.73. The first-order chi connectivity index (χ1) is 7.58. The number of aromatic nitrogens is 2. The van der Waals surface area contributed by atoms with Crippen LogP contribution in [0.2, 0.25) is 0 Å². The van der Waals surface area contributed by atoms with Gasteiger partial charge in [-0.3, -0.25) is 9.78 Å². The Labute approximate surface area is 93.5 Å². The highest BCUT2D eigenvalue weighted by Gasteiger charge is 2.12. The third kappa shape index (κ3) is 1.91. The standard InChI is InChI=1S/C12H14N2O2/c1-8(12(15)16)5-9-6-11-10(13-7-9)3-4-14(11)2/h3-4,6-8H,5H2,1-2H3,(H,15,16). The first-order valence-electron chi connectivity index (χ1n) is 5.20. The van der Waals surface area contributed by atoms with Gasteiger partial charge in [0.05, 0.1) is 17.0 Å². The minimum atomic E-state index is -0.771. The Morgan fingerprint density at radius 3 is 3.06 bits per heavy atom. The second-order valence-corrected chi connectivity index (χ2v) is 4.12. The van der Waals surface area contributed by atoms with Gasteiger partial charge in [-0.2, -0.15) is 0 Å². The molecule has 16 heavy (non-hydrogen) atoms. The number of hydrogen-bond donors (Lipinski definition) is 1. The molecule has 0 aliphatic heterocycles. The Kier molecular flexibility index (Phi) is 2.64. The normalized spacial score (nSPS) is 12.9. The fourth-order valence-corrected chi connectivity index (χ4v) is 1.73. The third-order valence-electron chi connectivity index (χ3n) is 2.75. The van der Waals surface area contributed by atoms with Crippen molar-refractivity contribution in [3.05, 3.63) is 30.1 Å². The summed E-state index contributed by atoms with van der Waals surface area (Å²) >= 11 is 0. The molecule has 0 fully saturated rings. The molecule has 4 heteroatoms. The van der Waals surface area contributed by atoms with Crippen molar-refractivity contribution in [2.75, 3.05) is 0 Å². The molecule has 1 atom stereocenters. The zero-order chi connectivity index (χ0) is 11.7. The average molecular weight is 218 g/mol. The van der Waals surface area contributed by atoms with Crippen LogP contribution in [-0.4, -0.2) is 20.6 Å². The van der Waals surface area contributed by atoms with E-state index in [1.165, 1.54) is 0 Å². The van der Waals surface area contributed by atoms with Crippen LogP contribution in [-0.2, 0) is 18.3 Å². The number of aliphatic carboxylic acids is 1. The van der Waals surface area contributed by atoms with Crippen molar-refractivity contribution >= 4 is 17.0 Å². The van der Waals surface area contributed by atoms with E-state index in [9.17, 15) is 4.79 Å². The maximum absolute atomic E-state index is 10.8. The van der Waals surface area contributed by atoms with Crippen molar-refractivity contribution in [2.24, 2.45) is 13.0 Å². The molecule has 0 bridgehead atoms. The Hall–Kier alpha value is -1.84. The molecule has 0 radical (unpaired) electrons. The summed E-state index contributed by atoms with van der Waals surface area (Å²) in [5.74, 6) is -1.15. The predicted molar refractivity (Wildman–Crippen MR) is 61.2 cm³/mol. The molecule has 1 unspecified atom stereocenters. The van der Waals surface area contributed by atoms with Crippen LogP contribution in [0.4, 0.5) is 0 Å². The molecular weight excluding hydrogens is 204 g/mol. The van der Waals surface area contributed by atoms with E-state index < -0.39 is 5.97 Å². The van der Waals surface area contributed by atoms with E-state index in [0.29, 0.717) is 6.42 Å². The van der Waals surface area contributed by atoms with Crippen molar-refractivity contribution < 1.29 is 9.90 Å². The topological polar surface area (TPSA) is 55.1 Å². The molecule has 2 heterocycles. The lowest BCUT2D eigenvalue weighted by atomic mass is 10.0. The number of rotatable bonds is 3. The zero-order valence-corrected chi connectivity index (χ0v) is 9.34. The quantitative estimate of drug-likeness (QED) is 0.855. The number of nitrogens with zero attached hydrogens (tertiary/aromatic N) is 2. The highest BCUT2D eigenvalue weighted by Crippen LogP contribution is 2.16. The van der Waals surface area contributed by atoms with E-state index in [1.54, 1.807) is 13.1 Å². The summed E-state index contributed by atoms with van der Waals surface area (Å²) in [6, 6.07) is 3.95. The van der Waals surface area contributed by atoms with E-state index in [2.05, 4.69) is 4.98 Å². The Morgan fingerprint density at radius 1 is 1.62 bits per heavy atom. The van der Waals surface area contributed by atoms with Gasteiger partial charge in [0.2, 0.25) is 0 Å². The number of carbonyl (C=O) groups is 1. The lowest BCUT2D eigenvalue weighted by molar-refractivity contribution is -0.141. The summed E-state index contributed by atoms with van der Waals surface area (Å²) in [4.78, 5) is 15.1. The highest BCUT2D eigenvalue weighted by atomic mass is 16.4. The first kappa shape index (κ1) is 10.7. The van der Waals surface area contributed by atoms with Crippen molar-refractivity contribution in [1.82, 2.24) is 9.55 Å². The Morgan fingerprint density at radius 2 is 2.38 bits per heavy atom. The molecule has 2 aromatic heterocycles. The van der Waals surface area contributed by atoms with Crippen LogP contribution >= 0.6 is 0 Å². The zero-order valence-electron chi connectivity index (χ0n) is 9.34. The molecule has 0 saturated heterocycles. The Balaban J connectivity index is 2.32. The van der Waals surface area contributed by atoms with Gasteiger partial charge in [0.15, 0.2) is 0 Å². The Bertz CT molecular complexity index is 531. The minimum absolute atomic E-state index is 0.375. The molecule has 2 aromatic rings. The largest absolute Gasteiger partial charge is 0.481 e. The van der Waals surface area contributed by atoms with Gasteiger partial charge in [-0.1, -0.05) is 6.92 Å². The predicted octanol–water partition coefficient (Wildman–Crippen LogP) is 1.84. The second-order valence-electron chi connectivity index (χ2n) is 4.12. The summed E-state index contributed by atoms with van der Waals surface area (Å²) in [5.41, 5.74) is 2.94. The molecule has 4 nitrogen and oxygen atoms in total. The van der Waals surface area contributed by atoms with Gasteiger partial charge in [-0.25, -0.2) is 0 Å². The van der Waals surface area contributed by atoms with Crippen molar-refractivity contribution in [3.63, 3.8) is 0 Å². The maximum atomic E-state index is 10.8. The summed E-state index contributed by atoms with van der Waals surface area (Å²) in [5, 5.41) is 8.85. The maximum Gasteiger partial charge on any atom is 0.306 e. The molecule has 0 spiro atoms. The number of hydrogen-bond acceptors (Lipinski definition) is 2. The lowest BCUT2D eigenvalue weighted by Gasteiger charge is -2.06. The SMILES string of the molecule is CC(Cc1cnc2ccn(C)c2c1)C(=O)O. The molecule has 84 valence electrons. The highest BCUT2D eigenvalue weighted by molar-refractivity contribution is 5.76. The second kappa shape index (κ2) is 3.96. The smallest absolute Gasteiger partial charge is 0.306 e. The number of aryl methyl sites for hydroxylation is 1. The van der Waals surface area contributed by atoms with Crippen molar-refractivity contribution in [3.8, 4) is 0 Å². The van der Waals surface area contributed by atoms with E-state index in [0.717, 1.165) is 16.6 Å². The molecule has 2 rings (SSSR count). The van der Waals surface area contributed by atoms with Crippen LogP contribution in [0.25, 0.3) is 11.0 Å². The van der Waals surface area contributed by atoms with Gasteiger partial charge < -0.3 is 9.67 Å². The van der Waals surface area contributed by atoms with Crippen LogP contribution < -0.4 is 0 Å². The molecule has 0 amide bonds. The molecule has 1 N–H and O–H groups in total. The van der Waals surface area contributed by atoms with E-state index >= 15 is 0 Å². The van der Waals surface area contributed by atoms with Gasteiger partial charge in [0.1, 0.15) is 0 Å².